The van der Waals surface area contributed by atoms with Gasteiger partial charge in [0.1, 0.15) is 12.6 Å². The first kappa shape index (κ1) is 9.21. The van der Waals surface area contributed by atoms with E-state index in [2.05, 4.69) is 6.07 Å². The highest BCUT2D eigenvalue weighted by Crippen LogP contribution is 2.12. The van der Waals surface area contributed by atoms with Gasteiger partial charge in [-0.1, -0.05) is 24.3 Å². The molecule has 0 spiro atoms. The van der Waals surface area contributed by atoms with Crippen molar-refractivity contribution in [3.05, 3.63) is 35.4 Å². The van der Waals surface area contributed by atoms with Crippen LogP contribution in [0.3, 0.4) is 0 Å². The van der Waals surface area contributed by atoms with Crippen molar-refractivity contribution in [2.75, 3.05) is 7.05 Å². The number of hydrogen-bond acceptors (Lipinski definition) is 2. The van der Waals surface area contributed by atoms with Crippen molar-refractivity contribution in [1.29, 1.82) is 0 Å². The van der Waals surface area contributed by atoms with E-state index in [9.17, 15) is 9.90 Å². The number of carbonyl (C=O) groups is 1. The highest BCUT2D eigenvalue weighted by Gasteiger charge is 2.27. The van der Waals surface area contributed by atoms with Crippen LogP contribution < -0.4 is 10.0 Å². The zero-order valence-electron chi connectivity index (χ0n) is 8.12. The van der Waals surface area contributed by atoms with Gasteiger partial charge in [-0.15, -0.1) is 0 Å². The molecule has 1 heterocycles. The minimum Gasteiger partial charge on any atom is -0.544 e. The van der Waals surface area contributed by atoms with E-state index in [1.54, 1.807) is 0 Å². The van der Waals surface area contributed by atoms with E-state index < -0.39 is 12.0 Å². The summed E-state index contributed by atoms with van der Waals surface area (Å²) in [4.78, 5) is 11.8. The maximum absolute atomic E-state index is 10.8. The fourth-order valence-electron chi connectivity index (χ4n) is 2.03. The number of quaternary nitrogens is 1. The summed E-state index contributed by atoms with van der Waals surface area (Å²) in [7, 11) is 1.90. The molecule has 0 bridgehead atoms. The van der Waals surface area contributed by atoms with Gasteiger partial charge in [-0.05, 0) is 5.56 Å². The third kappa shape index (κ3) is 1.51. The molecule has 3 nitrogen and oxygen atoms in total. The molecule has 1 N–H and O–H groups in total. The van der Waals surface area contributed by atoms with Crippen LogP contribution >= 0.6 is 0 Å². The molecule has 0 saturated carbocycles. The van der Waals surface area contributed by atoms with Crippen molar-refractivity contribution >= 4 is 5.97 Å². The summed E-state index contributed by atoms with van der Waals surface area (Å²) in [6.07, 6.45) is 0.588. The topological polar surface area (TPSA) is 44.6 Å². The minimum absolute atomic E-state index is 0.398. The molecule has 2 atom stereocenters. The molecule has 0 saturated heterocycles. The van der Waals surface area contributed by atoms with Gasteiger partial charge in [0.2, 0.25) is 0 Å². The molecule has 1 aliphatic rings. The lowest BCUT2D eigenvalue weighted by Crippen LogP contribution is -3.14. The zero-order valence-corrected chi connectivity index (χ0v) is 8.12. The Bertz CT molecular complexity index is 362. The number of likely N-dealkylation sites (N-methyl/N-ethyl adjacent to an activating group) is 1. The Morgan fingerprint density at radius 2 is 2.07 bits per heavy atom. The summed E-state index contributed by atoms with van der Waals surface area (Å²) in [6, 6.07) is 7.60. The van der Waals surface area contributed by atoms with E-state index in [-0.39, 0.29) is 0 Å². The van der Waals surface area contributed by atoms with Crippen molar-refractivity contribution in [2.24, 2.45) is 0 Å². The van der Waals surface area contributed by atoms with Gasteiger partial charge in [0.15, 0.2) is 0 Å². The normalized spacial score (nSPS) is 25.5. The maximum atomic E-state index is 10.8. The van der Waals surface area contributed by atoms with E-state index in [0.29, 0.717) is 6.42 Å². The maximum Gasteiger partial charge on any atom is 0.132 e. The number of carboxylic acids is 1. The third-order valence-electron chi connectivity index (χ3n) is 2.89. The molecule has 1 unspecified atom stereocenters. The SMILES string of the molecule is C[NH+]1Cc2ccccc2C[C@@H]1C(=O)[O-]. The fraction of sp³-hybridized carbons (Fsp3) is 0.364. The van der Waals surface area contributed by atoms with Crippen molar-refractivity contribution in [3.63, 3.8) is 0 Å². The molecular weight excluding hydrogens is 178 g/mol. The van der Waals surface area contributed by atoms with Gasteiger partial charge >= 0.3 is 0 Å². The van der Waals surface area contributed by atoms with Crippen molar-refractivity contribution < 1.29 is 14.8 Å². The van der Waals surface area contributed by atoms with Gasteiger partial charge in [0.25, 0.3) is 0 Å². The van der Waals surface area contributed by atoms with Crippen molar-refractivity contribution in [2.45, 2.75) is 19.0 Å². The number of aliphatic carboxylic acids is 1. The second-order valence-corrected chi connectivity index (χ2v) is 3.87. The molecule has 0 aromatic heterocycles. The summed E-state index contributed by atoms with van der Waals surface area (Å²) in [5, 5.41) is 10.8. The Morgan fingerprint density at radius 3 is 2.71 bits per heavy atom. The fourth-order valence-corrected chi connectivity index (χ4v) is 2.03. The minimum atomic E-state index is -0.947. The number of hydrogen-bond donors (Lipinski definition) is 1. The first-order valence-electron chi connectivity index (χ1n) is 4.78. The number of nitrogens with one attached hydrogen (secondary N) is 1. The Labute approximate surface area is 83.0 Å². The van der Waals surface area contributed by atoms with Gasteiger partial charge < -0.3 is 14.8 Å². The first-order chi connectivity index (χ1) is 6.68. The molecule has 74 valence electrons. The van der Waals surface area contributed by atoms with Gasteiger partial charge in [0.05, 0.1) is 13.0 Å². The average Bonchev–Trinajstić information content (AvgIpc) is 2.16. The molecular formula is C11H13NO2. The highest BCUT2D eigenvalue weighted by molar-refractivity contribution is 5.70. The van der Waals surface area contributed by atoms with Gasteiger partial charge in [-0.3, -0.25) is 0 Å². The van der Waals surface area contributed by atoms with E-state index in [4.69, 9.17) is 0 Å². The van der Waals surface area contributed by atoms with Crippen LogP contribution in [0.15, 0.2) is 24.3 Å². The molecule has 0 radical (unpaired) electrons. The Kier molecular flexibility index (Phi) is 2.25. The Balaban J connectivity index is 2.31. The van der Waals surface area contributed by atoms with E-state index in [1.807, 2.05) is 25.2 Å². The summed E-state index contributed by atoms with van der Waals surface area (Å²) in [5.74, 6) is -0.947. The van der Waals surface area contributed by atoms with Crippen LogP contribution in [0, 0.1) is 0 Å². The van der Waals surface area contributed by atoms with Gasteiger partial charge in [-0.2, -0.15) is 0 Å². The Morgan fingerprint density at radius 1 is 1.43 bits per heavy atom. The number of carbonyl (C=O) groups excluding carboxylic acids is 1. The van der Waals surface area contributed by atoms with Gasteiger partial charge in [-0.25, -0.2) is 0 Å². The number of rotatable bonds is 1. The summed E-state index contributed by atoms with van der Waals surface area (Å²) >= 11 is 0. The van der Waals surface area contributed by atoms with Crippen LogP contribution in [0.5, 0.6) is 0 Å². The quantitative estimate of drug-likeness (QED) is 0.579. The predicted molar refractivity (Wildman–Crippen MR) is 49.5 cm³/mol. The summed E-state index contributed by atoms with van der Waals surface area (Å²) in [6.45, 7) is 0.773. The molecule has 0 amide bonds. The molecule has 1 aromatic rings. The van der Waals surface area contributed by atoms with E-state index in [0.717, 1.165) is 17.0 Å². The van der Waals surface area contributed by atoms with Crippen LogP contribution in [0.25, 0.3) is 0 Å². The van der Waals surface area contributed by atoms with Crippen LogP contribution in [0.2, 0.25) is 0 Å². The van der Waals surface area contributed by atoms with E-state index >= 15 is 0 Å². The number of benzene rings is 1. The monoisotopic (exact) mass is 191 g/mol. The lowest BCUT2D eigenvalue weighted by Gasteiger charge is -2.31. The highest BCUT2D eigenvalue weighted by atomic mass is 16.4. The lowest BCUT2D eigenvalue weighted by molar-refractivity contribution is -0.915. The molecule has 0 fully saturated rings. The van der Waals surface area contributed by atoms with Crippen LogP contribution in [-0.4, -0.2) is 19.1 Å². The van der Waals surface area contributed by atoms with Crippen LogP contribution in [0.1, 0.15) is 11.1 Å². The molecule has 3 heteroatoms. The smallest absolute Gasteiger partial charge is 0.132 e. The summed E-state index contributed by atoms with van der Waals surface area (Å²) in [5.41, 5.74) is 2.40. The van der Waals surface area contributed by atoms with Crippen molar-refractivity contribution in [1.82, 2.24) is 0 Å². The zero-order chi connectivity index (χ0) is 10.1. The van der Waals surface area contributed by atoms with Crippen LogP contribution in [0.4, 0.5) is 0 Å². The molecule has 1 aliphatic heterocycles. The second-order valence-electron chi connectivity index (χ2n) is 3.87. The lowest BCUT2D eigenvalue weighted by atomic mass is 9.95. The van der Waals surface area contributed by atoms with Gasteiger partial charge in [0, 0.05) is 12.0 Å². The molecule has 1 aromatic carbocycles. The predicted octanol–water partition coefficient (Wildman–Crippen LogP) is -1.62. The van der Waals surface area contributed by atoms with Crippen LogP contribution in [-0.2, 0) is 17.8 Å². The summed E-state index contributed by atoms with van der Waals surface area (Å²) < 4.78 is 0. The molecule has 2 rings (SSSR count). The number of fused-ring (bicyclic) bond motifs is 1. The second kappa shape index (κ2) is 3.42. The molecule has 0 aliphatic carbocycles. The average molecular weight is 191 g/mol. The largest absolute Gasteiger partial charge is 0.544 e. The Hall–Kier alpha value is -1.35. The standard InChI is InChI=1S/C11H13NO2/c1-12-7-9-5-3-2-4-8(9)6-10(12)11(13)14/h2-5,10H,6-7H2,1H3,(H,13,14)/t10-/m1/s1. The molecule has 14 heavy (non-hydrogen) atoms. The number of carboxylic acid groups (broad SMARTS) is 1. The van der Waals surface area contributed by atoms with Crippen molar-refractivity contribution in [3.8, 4) is 0 Å². The van der Waals surface area contributed by atoms with E-state index in [1.165, 1.54) is 5.56 Å². The first-order valence-corrected chi connectivity index (χ1v) is 4.78. The third-order valence-corrected chi connectivity index (χ3v) is 2.89.